The maximum Gasteiger partial charge on any atom is 0.248 e. The van der Waals surface area contributed by atoms with E-state index in [1.165, 1.54) is 32.1 Å². The van der Waals surface area contributed by atoms with E-state index in [2.05, 4.69) is 0 Å². The van der Waals surface area contributed by atoms with Crippen LogP contribution in [0.4, 0.5) is 0 Å². The Labute approximate surface area is 92.8 Å². The van der Waals surface area contributed by atoms with E-state index in [9.17, 15) is 4.79 Å². The maximum absolute atomic E-state index is 11.6. The number of amides is 1. The van der Waals surface area contributed by atoms with E-state index in [4.69, 9.17) is 4.74 Å². The van der Waals surface area contributed by atoms with Gasteiger partial charge in [0.1, 0.15) is 6.61 Å². The first-order valence-electron chi connectivity index (χ1n) is 6.05. The molecule has 0 spiro atoms. The van der Waals surface area contributed by atoms with Crippen LogP contribution in [0, 0.1) is 5.92 Å². The lowest BCUT2D eigenvalue weighted by Gasteiger charge is -2.27. The summed E-state index contributed by atoms with van der Waals surface area (Å²) < 4.78 is 5.11. The van der Waals surface area contributed by atoms with Gasteiger partial charge >= 0.3 is 0 Å². The van der Waals surface area contributed by atoms with Gasteiger partial charge in [0.25, 0.3) is 0 Å². The molecule has 0 aliphatic heterocycles. The first kappa shape index (κ1) is 12.5. The minimum atomic E-state index is 0.113. The average Bonchev–Trinajstić information content (AvgIpc) is 2.27. The van der Waals surface area contributed by atoms with Crippen molar-refractivity contribution in [3.8, 4) is 0 Å². The van der Waals surface area contributed by atoms with Gasteiger partial charge in [-0.3, -0.25) is 4.79 Å². The van der Waals surface area contributed by atoms with Gasteiger partial charge in [0.05, 0.1) is 0 Å². The minimum Gasteiger partial charge on any atom is -0.372 e. The van der Waals surface area contributed by atoms with Crippen LogP contribution in [0.2, 0.25) is 0 Å². The summed E-state index contributed by atoms with van der Waals surface area (Å²) in [5, 5.41) is 0. The highest BCUT2D eigenvalue weighted by Gasteiger charge is 2.17. The van der Waals surface area contributed by atoms with Crippen molar-refractivity contribution in [1.29, 1.82) is 0 Å². The first-order valence-corrected chi connectivity index (χ1v) is 6.05. The second-order valence-electron chi connectivity index (χ2n) is 4.42. The number of carbonyl (C=O) groups excluding carboxylic acids is 1. The second-order valence-corrected chi connectivity index (χ2v) is 4.42. The molecule has 0 radical (unpaired) electrons. The molecule has 1 fully saturated rings. The lowest BCUT2D eigenvalue weighted by Crippen LogP contribution is -2.35. The molecule has 88 valence electrons. The van der Waals surface area contributed by atoms with Crippen LogP contribution in [0.15, 0.2) is 0 Å². The minimum absolute atomic E-state index is 0.113. The van der Waals surface area contributed by atoms with Crippen LogP contribution in [0.25, 0.3) is 0 Å². The first-order chi connectivity index (χ1) is 7.24. The lowest BCUT2D eigenvalue weighted by molar-refractivity contribution is -0.135. The van der Waals surface area contributed by atoms with Crippen molar-refractivity contribution in [2.24, 2.45) is 5.92 Å². The molecule has 0 unspecified atom stereocenters. The van der Waals surface area contributed by atoms with Gasteiger partial charge in [0, 0.05) is 20.2 Å². The van der Waals surface area contributed by atoms with Crippen LogP contribution in [-0.4, -0.2) is 37.6 Å². The molecule has 1 aliphatic rings. The number of likely N-dealkylation sites (N-methyl/N-ethyl adjacent to an activating group) is 1. The van der Waals surface area contributed by atoms with E-state index >= 15 is 0 Å². The van der Waals surface area contributed by atoms with Crippen LogP contribution in [0.3, 0.4) is 0 Å². The third-order valence-electron chi connectivity index (χ3n) is 3.11. The van der Waals surface area contributed by atoms with E-state index in [-0.39, 0.29) is 12.5 Å². The highest BCUT2D eigenvalue weighted by molar-refractivity contribution is 5.77. The molecule has 0 aromatic heterocycles. The van der Waals surface area contributed by atoms with Crippen molar-refractivity contribution in [2.75, 3.05) is 26.8 Å². The number of ether oxygens (including phenoxy) is 1. The molecule has 0 atom stereocenters. The summed E-state index contributed by atoms with van der Waals surface area (Å²) in [7, 11) is 1.88. The van der Waals surface area contributed by atoms with Gasteiger partial charge in [-0.15, -0.1) is 0 Å². The molecule has 1 amide bonds. The summed E-state index contributed by atoms with van der Waals surface area (Å²) in [4.78, 5) is 13.4. The van der Waals surface area contributed by atoms with Gasteiger partial charge in [0.15, 0.2) is 0 Å². The third kappa shape index (κ3) is 4.65. The van der Waals surface area contributed by atoms with Crippen molar-refractivity contribution in [1.82, 2.24) is 4.90 Å². The third-order valence-corrected chi connectivity index (χ3v) is 3.11. The van der Waals surface area contributed by atoms with Crippen LogP contribution < -0.4 is 0 Å². The van der Waals surface area contributed by atoms with Crippen LogP contribution >= 0.6 is 0 Å². The van der Waals surface area contributed by atoms with Crippen LogP contribution in [0.5, 0.6) is 0 Å². The molecule has 1 saturated carbocycles. The van der Waals surface area contributed by atoms with Gasteiger partial charge < -0.3 is 9.64 Å². The largest absolute Gasteiger partial charge is 0.372 e. The molecule has 1 rings (SSSR count). The Hall–Kier alpha value is -0.570. The summed E-state index contributed by atoms with van der Waals surface area (Å²) in [5.41, 5.74) is 0. The molecular formula is C12H23NO2. The molecular weight excluding hydrogens is 190 g/mol. The number of rotatable bonds is 5. The van der Waals surface area contributed by atoms with Gasteiger partial charge in [-0.1, -0.05) is 19.3 Å². The fraction of sp³-hybridized carbons (Fsp3) is 0.917. The van der Waals surface area contributed by atoms with Gasteiger partial charge in [0.2, 0.25) is 5.91 Å². The van der Waals surface area contributed by atoms with Gasteiger partial charge in [-0.2, -0.15) is 0 Å². The monoisotopic (exact) mass is 213 g/mol. The summed E-state index contributed by atoms with van der Waals surface area (Å²) in [6, 6.07) is 0. The van der Waals surface area contributed by atoms with E-state index in [1.54, 1.807) is 0 Å². The maximum atomic E-state index is 11.6. The number of hydrogen-bond donors (Lipinski definition) is 0. The van der Waals surface area contributed by atoms with Crippen molar-refractivity contribution >= 4 is 5.91 Å². The Balaban J connectivity index is 2.20. The van der Waals surface area contributed by atoms with Crippen molar-refractivity contribution < 1.29 is 9.53 Å². The summed E-state index contributed by atoms with van der Waals surface area (Å²) >= 11 is 0. The molecule has 3 nitrogen and oxygen atoms in total. The predicted molar refractivity (Wildman–Crippen MR) is 60.7 cm³/mol. The molecule has 0 N–H and O–H groups in total. The Morgan fingerprint density at radius 1 is 1.33 bits per heavy atom. The zero-order valence-corrected chi connectivity index (χ0v) is 10.00. The standard InChI is InChI=1S/C12H23NO2/c1-3-15-10-12(14)13(2)9-11-7-5-4-6-8-11/h11H,3-10H2,1-2H3. The molecule has 0 heterocycles. The summed E-state index contributed by atoms with van der Waals surface area (Å²) in [6.07, 6.45) is 6.60. The highest BCUT2D eigenvalue weighted by atomic mass is 16.5. The molecule has 0 saturated heterocycles. The van der Waals surface area contributed by atoms with E-state index in [0.29, 0.717) is 12.5 Å². The number of nitrogens with zero attached hydrogens (tertiary/aromatic N) is 1. The van der Waals surface area contributed by atoms with Gasteiger partial charge in [-0.05, 0) is 25.7 Å². The SMILES string of the molecule is CCOCC(=O)N(C)CC1CCCCC1. The predicted octanol–water partition coefficient (Wildman–Crippen LogP) is 2.06. The van der Waals surface area contributed by atoms with E-state index < -0.39 is 0 Å². The fourth-order valence-electron chi connectivity index (χ4n) is 2.16. The molecule has 15 heavy (non-hydrogen) atoms. The lowest BCUT2D eigenvalue weighted by atomic mass is 9.89. The quantitative estimate of drug-likeness (QED) is 0.699. The fourth-order valence-corrected chi connectivity index (χ4v) is 2.16. The zero-order valence-electron chi connectivity index (χ0n) is 10.00. The summed E-state index contributed by atoms with van der Waals surface area (Å²) in [6.45, 7) is 3.67. The molecule has 0 aromatic carbocycles. The second kappa shape index (κ2) is 6.83. The number of hydrogen-bond acceptors (Lipinski definition) is 2. The zero-order chi connectivity index (χ0) is 11.1. The van der Waals surface area contributed by atoms with E-state index in [0.717, 1.165) is 6.54 Å². The Kier molecular flexibility index (Phi) is 5.69. The van der Waals surface area contributed by atoms with Crippen LogP contribution in [0.1, 0.15) is 39.0 Å². The van der Waals surface area contributed by atoms with E-state index in [1.807, 2.05) is 18.9 Å². The molecule has 3 heteroatoms. The van der Waals surface area contributed by atoms with Crippen molar-refractivity contribution in [3.63, 3.8) is 0 Å². The average molecular weight is 213 g/mol. The van der Waals surface area contributed by atoms with Gasteiger partial charge in [-0.25, -0.2) is 0 Å². The Morgan fingerprint density at radius 3 is 2.60 bits per heavy atom. The Bertz CT molecular complexity index is 188. The summed E-state index contributed by atoms with van der Waals surface area (Å²) in [5.74, 6) is 0.830. The smallest absolute Gasteiger partial charge is 0.248 e. The molecule has 1 aliphatic carbocycles. The van der Waals surface area contributed by atoms with Crippen molar-refractivity contribution in [3.05, 3.63) is 0 Å². The van der Waals surface area contributed by atoms with Crippen LogP contribution in [-0.2, 0) is 9.53 Å². The van der Waals surface area contributed by atoms with Crippen molar-refractivity contribution in [2.45, 2.75) is 39.0 Å². The molecule has 0 bridgehead atoms. The Morgan fingerprint density at radius 2 is 2.00 bits per heavy atom. The molecule has 0 aromatic rings. The normalized spacial score (nSPS) is 17.7. The topological polar surface area (TPSA) is 29.5 Å². The number of carbonyl (C=O) groups is 1. The highest BCUT2D eigenvalue weighted by Crippen LogP contribution is 2.23.